The van der Waals surface area contributed by atoms with E-state index in [1.807, 2.05) is 47.5 Å². The average molecular weight is 268 g/mol. The SMILES string of the molecule is Cc1cn(-c2ccccc2)c(NCc2nncn2C)n1. The van der Waals surface area contributed by atoms with Crippen LogP contribution in [0.5, 0.6) is 0 Å². The summed E-state index contributed by atoms with van der Waals surface area (Å²) in [5.41, 5.74) is 2.04. The van der Waals surface area contributed by atoms with Gasteiger partial charge in [-0.2, -0.15) is 0 Å². The number of hydrogen-bond acceptors (Lipinski definition) is 4. The number of para-hydroxylation sites is 1. The fourth-order valence-electron chi connectivity index (χ4n) is 2.03. The van der Waals surface area contributed by atoms with E-state index in [-0.39, 0.29) is 0 Å². The summed E-state index contributed by atoms with van der Waals surface area (Å²) < 4.78 is 3.92. The molecule has 3 rings (SSSR count). The predicted octanol–water partition coefficient (Wildman–Crippen LogP) is 1.92. The third-order valence-electron chi connectivity index (χ3n) is 3.07. The Morgan fingerprint density at radius 2 is 2.00 bits per heavy atom. The molecule has 0 aliphatic heterocycles. The van der Waals surface area contributed by atoms with E-state index in [1.165, 1.54) is 0 Å². The molecule has 0 bridgehead atoms. The highest BCUT2D eigenvalue weighted by atomic mass is 15.3. The summed E-state index contributed by atoms with van der Waals surface area (Å²) >= 11 is 0. The van der Waals surface area contributed by atoms with Crippen LogP contribution in [-0.4, -0.2) is 24.3 Å². The highest BCUT2D eigenvalue weighted by molar-refractivity contribution is 5.42. The van der Waals surface area contributed by atoms with Crippen LogP contribution in [0, 0.1) is 6.92 Å². The van der Waals surface area contributed by atoms with Gasteiger partial charge in [0.25, 0.3) is 0 Å². The Morgan fingerprint density at radius 3 is 2.70 bits per heavy atom. The van der Waals surface area contributed by atoms with Gasteiger partial charge in [0, 0.05) is 18.9 Å². The Labute approximate surface area is 117 Å². The predicted molar refractivity (Wildman–Crippen MR) is 76.6 cm³/mol. The molecule has 0 fully saturated rings. The van der Waals surface area contributed by atoms with Crippen molar-refractivity contribution in [3.8, 4) is 5.69 Å². The molecule has 0 saturated heterocycles. The van der Waals surface area contributed by atoms with Gasteiger partial charge < -0.3 is 9.88 Å². The van der Waals surface area contributed by atoms with E-state index < -0.39 is 0 Å². The Kier molecular flexibility index (Phi) is 3.20. The molecule has 20 heavy (non-hydrogen) atoms. The van der Waals surface area contributed by atoms with Crippen LogP contribution in [0.4, 0.5) is 5.95 Å². The number of benzene rings is 1. The fraction of sp³-hybridized carbons (Fsp3) is 0.214. The summed E-state index contributed by atoms with van der Waals surface area (Å²) in [6.07, 6.45) is 3.69. The summed E-state index contributed by atoms with van der Waals surface area (Å²) in [6.45, 7) is 2.56. The maximum absolute atomic E-state index is 4.51. The Hall–Kier alpha value is -2.63. The second kappa shape index (κ2) is 5.16. The lowest BCUT2D eigenvalue weighted by molar-refractivity contribution is 0.805. The molecule has 2 heterocycles. The molecule has 0 saturated carbocycles. The van der Waals surface area contributed by atoms with Crippen molar-refractivity contribution in [3.05, 3.63) is 54.4 Å². The molecule has 0 unspecified atom stereocenters. The number of aryl methyl sites for hydroxylation is 2. The molecule has 0 aliphatic carbocycles. The number of aromatic nitrogens is 5. The van der Waals surface area contributed by atoms with Gasteiger partial charge in [0.1, 0.15) is 6.33 Å². The van der Waals surface area contributed by atoms with Gasteiger partial charge in [0.15, 0.2) is 5.82 Å². The molecule has 1 N–H and O–H groups in total. The van der Waals surface area contributed by atoms with Crippen LogP contribution in [0.3, 0.4) is 0 Å². The first kappa shape index (κ1) is 12.4. The van der Waals surface area contributed by atoms with Crippen LogP contribution in [-0.2, 0) is 13.6 Å². The summed E-state index contributed by atoms with van der Waals surface area (Å²) in [5.74, 6) is 1.67. The van der Waals surface area contributed by atoms with E-state index in [0.29, 0.717) is 6.54 Å². The van der Waals surface area contributed by atoms with Crippen LogP contribution < -0.4 is 5.32 Å². The lowest BCUT2D eigenvalue weighted by atomic mass is 10.3. The second-order valence-electron chi connectivity index (χ2n) is 4.62. The third kappa shape index (κ3) is 2.40. The minimum atomic E-state index is 0.583. The van der Waals surface area contributed by atoms with Crippen molar-refractivity contribution in [2.45, 2.75) is 13.5 Å². The van der Waals surface area contributed by atoms with Gasteiger partial charge in [-0.1, -0.05) is 18.2 Å². The largest absolute Gasteiger partial charge is 0.348 e. The maximum Gasteiger partial charge on any atom is 0.208 e. The summed E-state index contributed by atoms with van der Waals surface area (Å²) in [5, 5.41) is 11.2. The number of imidazole rings is 1. The van der Waals surface area contributed by atoms with Crippen molar-refractivity contribution in [2.24, 2.45) is 7.05 Å². The Balaban J connectivity index is 1.85. The van der Waals surface area contributed by atoms with Crippen molar-refractivity contribution < 1.29 is 0 Å². The minimum Gasteiger partial charge on any atom is -0.348 e. The molecule has 6 heteroatoms. The maximum atomic E-state index is 4.51. The lowest BCUT2D eigenvalue weighted by Crippen LogP contribution is -2.09. The van der Waals surface area contributed by atoms with Crippen LogP contribution in [0.25, 0.3) is 5.69 Å². The lowest BCUT2D eigenvalue weighted by Gasteiger charge is -2.09. The minimum absolute atomic E-state index is 0.583. The molecule has 102 valence electrons. The zero-order valence-electron chi connectivity index (χ0n) is 11.5. The molecular weight excluding hydrogens is 252 g/mol. The zero-order chi connectivity index (χ0) is 13.9. The molecule has 2 aromatic heterocycles. The molecular formula is C14H16N6. The summed E-state index contributed by atoms with van der Waals surface area (Å²) in [6, 6.07) is 10.1. The average Bonchev–Trinajstić information content (AvgIpc) is 3.03. The van der Waals surface area contributed by atoms with Gasteiger partial charge >= 0.3 is 0 Å². The first-order valence-corrected chi connectivity index (χ1v) is 6.42. The van der Waals surface area contributed by atoms with Crippen molar-refractivity contribution >= 4 is 5.95 Å². The molecule has 0 amide bonds. The van der Waals surface area contributed by atoms with Crippen molar-refractivity contribution in [1.29, 1.82) is 0 Å². The van der Waals surface area contributed by atoms with Crippen LogP contribution >= 0.6 is 0 Å². The van der Waals surface area contributed by atoms with Crippen molar-refractivity contribution in [1.82, 2.24) is 24.3 Å². The van der Waals surface area contributed by atoms with E-state index in [0.717, 1.165) is 23.2 Å². The highest BCUT2D eigenvalue weighted by Gasteiger charge is 2.08. The first-order chi connectivity index (χ1) is 9.74. The standard InChI is InChI=1S/C14H16N6/c1-11-9-20(12-6-4-3-5-7-12)14(17-11)15-8-13-18-16-10-19(13)2/h3-7,9-10H,8H2,1-2H3,(H,15,17). The summed E-state index contributed by atoms with van der Waals surface area (Å²) in [7, 11) is 1.92. The van der Waals surface area contributed by atoms with E-state index in [1.54, 1.807) is 6.33 Å². The van der Waals surface area contributed by atoms with Gasteiger partial charge in [-0.25, -0.2) is 4.98 Å². The third-order valence-corrected chi connectivity index (χ3v) is 3.07. The van der Waals surface area contributed by atoms with Crippen molar-refractivity contribution in [3.63, 3.8) is 0 Å². The number of nitrogens with one attached hydrogen (secondary N) is 1. The van der Waals surface area contributed by atoms with Gasteiger partial charge in [-0.15, -0.1) is 10.2 Å². The molecule has 0 aliphatic rings. The molecule has 3 aromatic rings. The van der Waals surface area contributed by atoms with Crippen LogP contribution in [0.15, 0.2) is 42.9 Å². The number of rotatable bonds is 4. The van der Waals surface area contributed by atoms with E-state index in [9.17, 15) is 0 Å². The number of hydrogen-bond donors (Lipinski definition) is 1. The topological polar surface area (TPSA) is 60.6 Å². The van der Waals surface area contributed by atoms with Crippen LogP contribution in [0.2, 0.25) is 0 Å². The molecule has 0 atom stereocenters. The van der Waals surface area contributed by atoms with Gasteiger partial charge in [0.2, 0.25) is 5.95 Å². The number of nitrogens with zero attached hydrogens (tertiary/aromatic N) is 5. The normalized spacial score (nSPS) is 10.7. The molecule has 6 nitrogen and oxygen atoms in total. The van der Waals surface area contributed by atoms with Gasteiger partial charge in [-0.05, 0) is 19.1 Å². The second-order valence-corrected chi connectivity index (χ2v) is 4.62. The Bertz CT molecular complexity index is 698. The summed E-state index contributed by atoms with van der Waals surface area (Å²) in [4.78, 5) is 4.51. The molecule has 0 spiro atoms. The smallest absolute Gasteiger partial charge is 0.208 e. The highest BCUT2D eigenvalue weighted by Crippen LogP contribution is 2.16. The van der Waals surface area contributed by atoms with Gasteiger partial charge in [0.05, 0.1) is 12.2 Å². The monoisotopic (exact) mass is 268 g/mol. The first-order valence-electron chi connectivity index (χ1n) is 6.42. The van der Waals surface area contributed by atoms with Gasteiger partial charge in [-0.3, -0.25) is 4.57 Å². The van der Waals surface area contributed by atoms with Crippen LogP contribution in [0.1, 0.15) is 11.5 Å². The molecule has 0 radical (unpaired) electrons. The van der Waals surface area contributed by atoms with E-state index in [4.69, 9.17) is 0 Å². The van der Waals surface area contributed by atoms with E-state index in [2.05, 4.69) is 32.6 Å². The zero-order valence-corrected chi connectivity index (χ0v) is 11.5. The Morgan fingerprint density at radius 1 is 1.20 bits per heavy atom. The fourth-order valence-corrected chi connectivity index (χ4v) is 2.03. The quantitative estimate of drug-likeness (QED) is 0.785. The van der Waals surface area contributed by atoms with Crippen molar-refractivity contribution in [2.75, 3.05) is 5.32 Å². The van der Waals surface area contributed by atoms with E-state index >= 15 is 0 Å². The molecule has 1 aromatic carbocycles. The number of anilines is 1.